The fourth-order valence-corrected chi connectivity index (χ4v) is 3.18. The fraction of sp³-hybridized carbons (Fsp3) is 0.333. The van der Waals surface area contributed by atoms with Crippen molar-refractivity contribution < 1.29 is 9.53 Å². The highest BCUT2D eigenvalue weighted by Crippen LogP contribution is 2.17. The van der Waals surface area contributed by atoms with Crippen molar-refractivity contribution in [3.05, 3.63) is 82.7 Å². The van der Waals surface area contributed by atoms with Crippen molar-refractivity contribution in [3.63, 3.8) is 0 Å². The summed E-state index contributed by atoms with van der Waals surface area (Å²) in [6, 6.07) is 16.2. The minimum absolute atomic E-state index is 0.107. The van der Waals surface area contributed by atoms with Gasteiger partial charge in [-0.05, 0) is 50.5 Å². The molecule has 152 valence electrons. The fourth-order valence-electron chi connectivity index (χ4n) is 3.18. The van der Waals surface area contributed by atoms with Crippen LogP contribution in [0.3, 0.4) is 0 Å². The molecule has 0 unspecified atom stereocenters. The number of rotatable bonds is 8. The third-order valence-corrected chi connectivity index (χ3v) is 4.75. The maximum absolute atomic E-state index is 12.8. The molecule has 3 aromatic rings. The maximum atomic E-state index is 12.8. The molecule has 0 aliphatic heterocycles. The molecule has 0 aliphatic carbocycles. The Labute approximate surface area is 172 Å². The summed E-state index contributed by atoms with van der Waals surface area (Å²) in [5.41, 5.74) is 5.83. The molecule has 0 spiro atoms. The van der Waals surface area contributed by atoms with Crippen LogP contribution in [-0.2, 0) is 24.3 Å². The third kappa shape index (κ3) is 5.33. The molecular formula is C24H29N3O2. The van der Waals surface area contributed by atoms with Gasteiger partial charge in [-0.3, -0.25) is 4.79 Å². The second-order valence-corrected chi connectivity index (χ2v) is 7.47. The Kier molecular flexibility index (Phi) is 6.83. The van der Waals surface area contributed by atoms with Crippen molar-refractivity contribution in [1.82, 2.24) is 15.1 Å². The number of carbonyl (C=O) groups excluding carboxylic acids is 1. The van der Waals surface area contributed by atoms with E-state index in [1.54, 1.807) is 6.20 Å². The van der Waals surface area contributed by atoms with Gasteiger partial charge in [0.1, 0.15) is 0 Å². The van der Waals surface area contributed by atoms with Crippen LogP contribution < -0.4 is 5.32 Å². The first-order valence-electron chi connectivity index (χ1n) is 10.1. The number of nitrogens with one attached hydrogen (secondary N) is 1. The molecule has 0 radical (unpaired) electrons. The van der Waals surface area contributed by atoms with Gasteiger partial charge in [-0.2, -0.15) is 5.10 Å². The van der Waals surface area contributed by atoms with E-state index in [-0.39, 0.29) is 12.0 Å². The average molecular weight is 392 g/mol. The van der Waals surface area contributed by atoms with Crippen molar-refractivity contribution in [1.29, 1.82) is 0 Å². The van der Waals surface area contributed by atoms with Gasteiger partial charge in [-0.15, -0.1) is 0 Å². The molecule has 0 saturated heterocycles. The Morgan fingerprint density at radius 2 is 1.86 bits per heavy atom. The largest absolute Gasteiger partial charge is 0.374 e. The first kappa shape index (κ1) is 20.8. The number of aromatic nitrogens is 2. The molecule has 0 bridgehead atoms. The first-order chi connectivity index (χ1) is 14.0. The standard InChI is InChI=1S/C24H29N3O2/c1-5-23-22(15-26-27(23)21-11-9-18(4)10-12-21)24(28)25-14-19-7-6-8-20(13-19)16-29-17(2)3/h6-13,15,17H,5,14,16H2,1-4H3,(H,25,28). The van der Waals surface area contributed by atoms with Crippen LogP contribution in [0.1, 0.15) is 53.5 Å². The summed E-state index contributed by atoms with van der Waals surface area (Å²) < 4.78 is 7.51. The van der Waals surface area contributed by atoms with E-state index in [0.29, 0.717) is 18.7 Å². The molecule has 0 saturated carbocycles. The van der Waals surface area contributed by atoms with Crippen molar-refractivity contribution in [3.8, 4) is 5.69 Å². The summed E-state index contributed by atoms with van der Waals surface area (Å²) in [4.78, 5) is 12.8. The molecule has 0 atom stereocenters. The van der Waals surface area contributed by atoms with Gasteiger partial charge in [-0.1, -0.05) is 48.9 Å². The van der Waals surface area contributed by atoms with Crippen molar-refractivity contribution in [2.75, 3.05) is 0 Å². The lowest BCUT2D eigenvalue weighted by Gasteiger charge is -2.11. The number of nitrogens with zero attached hydrogens (tertiary/aromatic N) is 2. The van der Waals surface area contributed by atoms with E-state index in [0.717, 1.165) is 28.9 Å². The van der Waals surface area contributed by atoms with Crippen molar-refractivity contribution >= 4 is 5.91 Å². The molecule has 5 heteroatoms. The number of benzene rings is 2. The van der Waals surface area contributed by atoms with Crippen LogP contribution in [0.2, 0.25) is 0 Å². The van der Waals surface area contributed by atoms with Crippen LogP contribution >= 0.6 is 0 Å². The monoisotopic (exact) mass is 391 g/mol. The van der Waals surface area contributed by atoms with Crippen LogP contribution in [0.15, 0.2) is 54.7 Å². The van der Waals surface area contributed by atoms with Crippen LogP contribution in [-0.4, -0.2) is 21.8 Å². The molecule has 29 heavy (non-hydrogen) atoms. The van der Waals surface area contributed by atoms with E-state index in [4.69, 9.17) is 4.74 Å². The minimum atomic E-state index is -0.107. The maximum Gasteiger partial charge on any atom is 0.255 e. The Bertz CT molecular complexity index is 959. The second kappa shape index (κ2) is 9.52. The number of aryl methyl sites for hydroxylation is 1. The topological polar surface area (TPSA) is 56.1 Å². The number of carbonyl (C=O) groups is 1. The molecule has 0 aliphatic rings. The molecule has 0 fully saturated rings. The lowest BCUT2D eigenvalue weighted by molar-refractivity contribution is 0.0657. The van der Waals surface area contributed by atoms with Gasteiger partial charge in [-0.25, -0.2) is 4.68 Å². The predicted octanol–water partition coefficient (Wildman–Crippen LogP) is 4.60. The normalized spacial score (nSPS) is 11.1. The zero-order valence-corrected chi connectivity index (χ0v) is 17.6. The third-order valence-electron chi connectivity index (χ3n) is 4.75. The summed E-state index contributed by atoms with van der Waals surface area (Å²) in [6.07, 6.45) is 2.57. The zero-order valence-electron chi connectivity index (χ0n) is 17.6. The van der Waals surface area contributed by atoms with Gasteiger partial charge >= 0.3 is 0 Å². The molecule has 1 amide bonds. The summed E-state index contributed by atoms with van der Waals surface area (Å²) in [7, 11) is 0. The Morgan fingerprint density at radius 3 is 2.55 bits per heavy atom. The van der Waals surface area contributed by atoms with Gasteiger partial charge in [0.05, 0.1) is 35.9 Å². The number of hydrogen-bond acceptors (Lipinski definition) is 3. The summed E-state index contributed by atoms with van der Waals surface area (Å²) in [5.74, 6) is -0.107. The quantitative estimate of drug-likeness (QED) is 0.611. The van der Waals surface area contributed by atoms with E-state index in [9.17, 15) is 4.79 Å². The number of ether oxygens (including phenoxy) is 1. The second-order valence-electron chi connectivity index (χ2n) is 7.47. The van der Waals surface area contributed by atoms with E-state index < -0.39 is 0 Å². The van der Waals surface area contributed by atoms with Crippen LogP contribution in [0.5, 0.6) is 0 Å². The molecular weight excluding hydrogens is 362 g/mol. The van der Waals surface area contributed by atoms with Crippen LogP contribution in [0, 0.1) is 6.92 Å². The molecule has 1 N–H and O–H groups in total. The van der Waals surface area contributed by atoms with Crippen LogP contribution in [0.4, 0.5) is 0 Å². The van der Waals surface area contributed by atoms with Gasteiger partial charge < -0.3 is 10.1 Å². The summed E-state index contributed by atoms with van der Waals surface area (Å²) in [5, 5.41) is 7.48. The lowest BCUT2D eigenvalue weighted by Crippen LogP contribution is -2.24. The van der Waals surface area contributed by atoms with Crippen LogP contribution in [0.25, 0.3) is 5.69 Å². The number of hydrogen-bond donors (Lipinski definition) is 1. The molecule has 1 aromatic heterocycles. The smallest absolute Gasteiger partial charge is 0.255 e. The summed E-state index contributed by atoms with van der Waals surface area (Å²) >= 11 is 0. The van der Waals surface area contributed by atoms with E-state index in [2.05, 4.69) is 23.4 Å². The summed E-state index contributed by atoms with van der Waals surface area (Å²) in [6.45, 7) is 9.17. The van der Waals surface area contributed by atoms with Gasteiger partial charge in [0, 0.05) is 6.54 Å². The average Bonchev–Trinajstić information content (AvgIpc) is 3.15. The Hall–Kier alpha value is -2.92. The van der Waals surface area contributed by atoms with Gasteiger partial charge in [0.25, 0.3) is 5.91 Å². The predicted molar refractivity (Wildman–Crippen MR) is 115 cm³/mol. The van der Waals surface area contributed by atoms with Gasteiger partial charge in [0.15, 0.2) is 0 Å². The number of amides is 1. The SMILES string of the molecule is CCc1c(C(=O)NCc2cccc(COC(C)C)c2)cnn1-c1ccc(C)cc1. The Morgan fingerprint density at radius 1 is 1.14 bits per heavy atom. The lowest BCUT2D eigenvalue weighted by atomic mass is 10.1. The first-order valence-corrected chi connectivity index (χ1v) is 10.1. The van der Waals surface area contributed by atoms with E-state index in [1.807, 2.05) is 67.9 Å². The molecule has 3 rings (SSSR count). The molecule has 2 aromatic carbocycles. The van der Waals surface area contributed by atoms with E-state index >= 15 is 0 Å². The molecule has 1 heterocycles. The highest BCUT2D eigenvalue weighted by molar-refractivity contribution is 5.95. The minimum Gasteiger partial charge on any atom is -0.374 e. The molecule has 5 nitrogen and oxygen atoms in total. The van der Waals surface area contributed by atoms with Crippen molar-refractivity contribution in [2.45, 2.75) is 53.4 Å². The van der Waals surface area contributed by atoms with E-state index in [1.165, 1.54) is 5.56 Å². The zero-order chi connectivity index (χ0) is 20.8. The van der Waals surface area contributed by atoms with Gasteiger partial charge in [0.2, 0.25) is 0 Å². The highest BCUT2D eigenvalue weighted by Gasteiger charge is 2.17. The highest BCUT2D eigenvalue weighted by atomic mass is 16.5. The van der Waals surface area contributed by atoms with Crippen molar-refractivity contribution in [2.24, 2.45) is 0 Å². The Balaban J connectivity index is 1.70.